The maximum atomic E-state index is 13.1. The summed E-state index contributed by atoms with van der Waals surface area (Å²) in [4.78, 5) is 26.4. The molecule has 3 aromatic carbocycles. The monoisotopic (exact) mass is 503 g/mol. The van der Waals surface area contributed by atoms with Crippen LogP contribution in [0.2, 0.25) is 5.02 Å². The number of rotatable bonds is 10. The third-order valence-electron chi connectivity index (χ3n) is 6.11. The third-order valence-corrected chi connectivity index (χ3v) is 6.35. The van der Waals surface area contributed by atoms with Crippen LogP contribution in [0.3, 0.4) is 0 Å². The quantitative estimate of drug-likeness (QED) is 0.305. The van der Waals surface area contributed by atoms with E-state index in [0.29, 0.717) is 28.4 Å². The summed E-state index contributed by atoms with van der Waals surface area (Å²) in [5, 5.41) is 16.0. The molecule has 0 spiro atoms. The topological polar surface area (TPSA) is 81.7 Å². The van der Waals surface area contributed by atoms with Crippen LogP contribution in [0.15, 0.2) is 66.7 Å². The highest BCUT2D eigenvalue weighted by molar-refractivity contribution is 6.38. The summed E-state index contributed by atoms with van der Waals surface area (Å²) in [6.45, 7) is 1.03. The number of aryl methyl sites for hydroxylation is 2. The normalized spacial score (nSPS) is 13.9. The summed E-state index contributed by atoms with van der Waals surface area (Å²) in [6.07, 6.45) is 2.53. The van der Waals surface area contributed by atoms with Crippen molar-refractivity contribution in [1.82, 2.24) is 4.90 Å². The average Bonchev–Trinajstić information content (AvgIpc) is 3.16. The first kappa shape index (κ1) is 25.5. The predicted octanol–water partition coefficient (Wildman–Crippen LogP) is 5.78. The number of hydrogen-bond acceptors (Lipinski definition) is 4. The van der Waals surface area contributed by atoms with E-state index in [1.54, 1.807) is 12.1 Å². The summed E-state index contributed by atoms with van der Waals surface area (Å²) in [5.74, 6) is -1.06. The molecule has 0 aliphatic carbocycles. The van der Waals surface area contributed by atoms with Crippen molar-refractivity contribution < 1.29 is 14.7 Å². The maximum Gasteiger partial charge on any atom is 0.303 e. The van der Waals surface area contributed by atoms with Gasteiger partial charge in [-0.25, -0.2) is 0 Å². The highest BCUT2D eigenvalue weighted by atomic mass is 35.5. The lowest BCUT2D eigenvalue weighted by Gasteiger charge is -2.16. The third kappa shape index (κ3) is 6.33. The van der Waals surface area contributed by atoms with Gasteiger partial charge < -0.3 is 20.6 Å². The van der Waals surface area contributed by atoms with Crippen LogP contribution in [0.4, 0.5) is 11.4 Å². The lowest BCUT2D eigenvalue weighted by Crippen LogP contribution is -2.13. The molecule has 0 radical (unpaired) electrons. The SMILES string of the molecule is CN(C)CCCc1ccc(N/C(=C2\C(=O)Nc3cc(Cl)ccc32)c2cccc(CCC(=O)O)c2)cc1. The van der Waals surface area contributed by atoms with Crippen LogP contribution in [0.25, 0.3) is 11.3 Å². The highest BCUT2D eigenvalue weighted by Crippen LogP contribution is 2.39. The van der Waals surface area contributed by atoms with Gasteiger partial charge in [0.15, 0.2) is 0 Å². The minimum absolute atomic E-state index is 0.0416. The molecule has 0 saturated heterocycles. The molecule has 1 heterocycles. The summed E-state index contributed by atoms with van der Waals surface area (Å²) < 4.78 is 0. The van der Waals surface area contributed by atoms with E-state index < -0.39 is 5.97 Å². The maximum absolute atomic E-state index is 13.1. The Bertz CT molecular complexity index is 1300. The first-order valence-electron chi connectivity index (χ1n) is 12.0. The van der Waals surface area contributed by atoms with Gasteiger partial charge in [0.1, 0.15) is 0 Å². The number of halogens is 1. The van der Waals surface area contributed by atoms with Crippen molar-refractivity contribution in [3.05, 3.63) is 94.0 Å². The Kier molecular flexibility index (Phi) is 8.08. The fourth-order valence-corrected chi connectivity index (χ4v) is 4.48. The van der Waals surface area contributed by atoms with Gasteiger partial charge in [0.05, 0.1) is 17.0 Å². The van der Waals surface area contributed by atoms with Crippen molar-refractivity contribution >= 4 is 46.1 Å². The van der Waals surface area contributed by atoms with E-state index in [1.807, 2.05) is 42.5 Å². The molecule has 6 nitrogen and oxygen atoms in total. The van der Waals surface area contributed by atoms with Crippen molar-refractivity contribution in [1.29, 1.82) is 0 Å². The van der Waals surface area contributed by atoms with Crippen molar-refractivity contribution in [3.63, 3.8) is 0 Å². The van der Waals surface area contributed by atoms with Gasteiger partial charge in [0, 0.05) is 22.7 Å². The smallest absolute Gasteiger partial charge is 0.303 e. The summed E-state index contributed by atoms with van der Waals surface area (Å²) in [5.41, 5.74) is 6.42. The van der Waals surface area contributed by atoms with E-state index in [1.165, 1.54) is 5.56 Å². The van der Waals surface area contributed by atoms with E-state index in [0.717, 1.165) is 41.8 Å². The number of amides is 1. The summed E-state index contributed by atoms with van der Waals surface area (Å²) >= 11 is 6.16. The zero-order chi connectivity index (χ0) is 25.7. The van der Waals surface area contributed by atoms with Crippen LogP contribution in [0.1, 0.15) is 35.1 Å². The minimum Gasteiger partial charge on any atom is -0.481 e. The molecule has 0 saturated carbocycles. The molecule has 4 rings (SSSR count). The molecule has 1 amide bonds. The van der Waals surface area contributed by atoms with Crippen molar-refractivity contribution in [2.75, 3.05) is 31.3 Å². The lowest BCUT2D eigenvalue weighted by atomic mass is 9.97. The number of carboxylic acids is 1. The molecule has 3 aromatic rings. The number of carbonyl (C=O) groups is 2. The van der Waals surface area contributed by atoms with Crippen molar-refractivity contribution in [2.24, 2.45) is 0 Å². The first-order chi connectivity index (χ1) is 17.3. The molecule has 0 aromatic heterocycles. The Hall–Kier alpha value is -3.61. The standard InChI is InChI=1S/C29H30ClN3O3/c1-33(2)16-4-6-19-8-12-23(13-9-19)31-28(21-7-3-5-20(17-21)10-15-26(34)35)27-24-14-11-22(30)18-25(24)32-29(27)36/h3,5,7-9,11-14,17-18,31H,4,6,10,15-16H2,1-2H3,(H,32,36)(H,34,35)/b28-27-. The van der Waals surface area contributed by atoms with Gasteiger partial charge in [-0.1, -0.05) is 48.0 Å². The second-order valence-electron chi connectivity index (χ2n) is 9.22. The number of benzene rings is 3. The Morgan fingerprint density at radius 1 is 1.00 bits per heavy atom. The van der Waals surface area contributed by atoms with Crippen LogP contribution in [-0.2, 0) is 22.4 Å². The molecule has 0 atom stereocenters. The van der Waals surface area contributed by atoms with Crippen molar-refractivity contribution in [2.45, 2.75) is 25.7 Å². The van der Waals surface area contributed by atoms with Crippen LogP contribution < -0.4 is 10.6 Å². The molecule has 186 valence electrons. The molecule has 0 bridgehead atoms. The molecule has 1 aliphatic heterocycles. The van der Waals surface area contributed by atoms with Gasteiger partial charge in [-0.05, 0) is 86.9 Å². The second-order valence-corrected chi connectivity index (χ2v) is 9.65. The van der Waals surface area contributed by atoms with E-state index in [9.17, 15) is 9.59 Å². The van der Waals surface area contributed by atoms with Crippen molar-refractivity contribution in [3.8, 4) is 0 Å². The van der Waals surface area contributed by atoms with Crippen LogP contribution in [-0.4, -0.2) is 42.5 Å². The molecule has 36 heavy (non-hydrogen) atoms. The minimum atomic E-state index is -0.844. The van der Waals surface area contributed by atoms with E-state index >= 15 is 0 Å². The molecule has 0 unspecified atom stereocenters. The van der Waals surface area contributed by atoms with E-state index in [4.69, 9.17) is 16.7 Å². The summed E-state index contributed by atoms with van der Waals surface area (Å²) in [7, 11) is 4.15. The second kappa shape index (κ2) is 11.4. The van der Waals surface area contributed by atoms with Gasteiger partial charge in [-0.3, -0.25) is 9.59 Å². The molecular formula is C29H30ClN3O3. The number of hydrogen-bond donors (Lipinski definition) is 3. The number of carbonyl (C=O) groups excluding carboxylic acids is 1. The number of nitrogens with zero attached hydrogens (tertiary/aromatic N) is 1. The number of fused-ring (bicyclic) bond motifs is 1. The zero-order valence-corrected chi connectivity index (χ0v) is 21.2. The molecule has 7 heteroatoms. The fourth-order valence-electron chi connectivity index (χ4n) is 4.30. The highest BCUT2D eigenvalue weighted by Gasteiger charge is 2.28. The van der Waals surface area contributed by atoms with E-state index in [-0.39, 0.29) is 12.3 Å². The molecule has 3 N–H and O–H groups in total. The van der Waals surface area contributed by atoms with Gasteiger partial charge in [0.25, 0.3) is 5.91 Å². The van der Waals surface area contributed by atoms with Crippen LogP contribution >= 0.6 is 11.6 Å². The Morgan fingerprint density at radius 2 is 1.78 bits per heavy atom. The average molecular weight is 504 g/mol. The number of carboxylic acid groups (broad SMARTS) is 1. The lowest BCUT2D eigenvalue weighted by molar-refractivity contribution is -0.137. The Morgan fingerprint density at radius 3 is 2.50 bits per heavy atom. The first-order valence-corrected chi connectivity index (χ1v) is 12.4. The van der Waals surface area contributed by atoms with Gasteiger partial charge in [-0.2, -0.15) is 0 Å². The number of nitrogens with one attached hydrogen (secondary N) is 2. The van der Waals surface area contributed by atoms with Gasteiger partial charge >= 0.3 is 5.97 Å². The molecule has 0 fully saturated rings. The molecule has 1 aliphatic rings. The van der Waals surface area contributed by atoms with Crippen LogP contribution in [0.5, 0.6) is 0 Å². The van der Waals surface area contributed by atoms with Crippen LogP contribution in [0, 0.1) is 0 Å². The number of anilines is 2. The largest absolute Gasteiger partial charge is 0.481 e. The van der Waals surface area contributed by atoms with Gasteiger partial charge in [0.2, 0.25) is 0 Å². The Labute approximate surface area is 216 Å². The fraction of sp³-hybridized carbons (Fsp3) is 0.241. The number of aliphatic carboxylic acids is 1. The molecular weight excluding hydrogens is 474 g/mol. The van der Waals surface area contributed by atoms with E-state index in [2.05, 4.69) is 41.8 Å². The zero-order valence-electron chi connectivity index (χ0n) is 20.5. The summed E-state index contributed by atoms with van der Waals surface area (Å²) in [6, 6.07) is 21.3. The van der Waals surface area contributed by atoms with Gasteiger partial charge in [-0.15, -0.1) is 0 Å². The Balaban J connectivity index is 1.70. The predicted molar refractivity (Wildman–Crippen MR) is 146 cm³/mol.